The van der Waals surface area contributed by atoms with Gasteiger partial charge in [-0.25, -0.2) is 8.78 Å². The van der Waals surface area contributed by atoms with Gasteiger partial charge in [0.05, 0.1) is 24.5 Å². The molecule has 0 aromatic rings. The molecule has 1 fully saturated rings. The van der Waals surface area contributed by atoms with Crippen molar-refractivity contribution in [1.29, 1.82) is 0 Å². The minimum Gasteiger partial charge on any atom is -0.463 e. The Morgan fingerprint density at radius 3 is 2.78 bits per heavy atom. The largest absolute Gasteiger partial charge is 0.463 e. The molecule has 18 heavy (non-hydrogen) atoms. The Kier molecular flexibility index (Phi) is 3.52. The normalized spacial score (nSPS) is 42.8. The summed E-state index contributed by atoms with van der Waals surface area (Å²) in [6.45, 7) is 1.60. The van der Waals surface area contributed by atoms with Crippen molar-refractivity contribution in [2.75, 3.05) is 0 Å². The van der Waals surface area contributed by atoms with E-state index < -0.39 is 35.9 Å². The molecule has 1 saturated carbocycles. The Morgan fingerprint density at radius 2 is 2.06 bits per heavy atom. The fourth-order valence-electron chi connectivity index (χ4n) is 2.28. The number of halogens is 2. The van der Waals surface area contributed by atoms with Crippen molar-refractivity contribution in [2.24, 2.45) is 11.8 Å². The minimum atomic E-state index is -2.71. The van der Waals surface area contributed by atoms with Crippen LogP contribution in [0, 0.1) is 11.8 Å². The van der Waals surface area contributed by atoms with Crippen molar-refractivity contribution in [3.05, 3.63) is 24.3 Å². The van der Waals surface area contributed by atoms with Crippen molar-refractivity contribution in [2.45, 2.75) is 37.9 Å². The van der Waals surface area contributed by atoms with Crippen LogP contribution in [0.25, 0.3) is 0 Å². The van der Waals surface area contributed by atoms with E-state index in [0.717, 1.165) is 0 Å². The number of cyclic esters (lactones) is 1. The van der Waals surface area contributed by atoms with Crippen LogP contribution < -0.4 is 0 Å². The van der Waals surface area contributed by atoms with E-state index in [2.05, 4.69) is 0 Å². The van der Waals surface area contributed by atoms with E-state index in [4.69, 9.17) is 4.74 Å². The number of hydrogen-bond acceptors (Lipinski definition) is 3. The smallest absolute Gasteiger partial charge is 0.309 e. The number of esters is 1. The van der Waals surface area contributed by atoms with Gasteiger partial charge in [-0.3, -0.25) is 4.79 Å². The van der Waals surface area contributed by atoms with Crippen molar-refractivity contribution < 1.29 is 23.4 Å². The molecular formula is C13H16F2O3. The third-order valence-electron chi connectivity index (χ3n) is 3.32. The monoisotopic (exact) mass is 258 g/mol. The molecule has 2 rings (SSSR count). The average molecular weight is 258 g/mol. The summed E-state index contributed by atoms with van der Waals surface area (Å²) in [6.07, 6.45) is 4.32. The topological polar surface area (TPSA) is 46.5 Å². The summed E-state index contributed by atoms with van der Waals surface area (Å²) >= 11 is 0. The average Bonchev–Trinajstić information content (AvgIpc) is 2.73. The summed E-state index contributed by atoms with van der Waals surface area (Å²) in [4.78, 5) is 11.4. The van der Waals surface area contributed by atoms with Gasteiger partial charge in [-0.05, 0) is 13.3 Å². The van der Waals surface area contributed by atoms with Crippen LogP contribution in [0.1, 0.15) is 19.8 Å². The molecule has 0 aromatic carbocycles. The predicted octanol–water partition coefficient (Wildman–Crippen LogP) is 2.07. The van der Waals surface area contributed by atoms with Gasteiger partial charge < -0.3 is 9.84 Å². The van der Waals surface area contributed by atoms with Crippen molar-refractivity contribution in [3.8, 4) is 0 Å². The van der Waals surface area contributed by atoms with E-state index in [1.807, 2.05) is 0 Å². The summed E-state index contributed by atoms with van der Waals surface area (Å²) in [5.41, 5.74) is 0. The number of carbonyl (C=O) groups excluding carboxylic acids is 1. The van der Waals surface area contributed by atoms with Crippen molar-refractivity contribution >= 4 is 5.97 Å². The lowest BCUT2D eigenvalue weighted by Crippen LogP contribution is -2.20. The molecule has 0 radical (unpaired) electrons. The minimum absolute atomic E-state index is 0.146. The molecule has 1 N–H and O–H groups in total. The van der Waals surface area contributed by atoms with E-state index >= 15 is 0 Å². The Balaban J connectivity index is 2.11. The van der Waals surface area contributed by atoms with Gasteiger partial charge in [0.1, 0.15) is 0 Å². The first-order valence-electron chi connectivity index (χ1n) is 6.01. The highest BCUT2D eigenvalue weighted by atomic mass is 19.3. The number of aliphatic hydroxyl groups is 1. The van der Waals surface area contributed by atoms with Crippen LogP contribution in [0.4, 0.5) is 8.78 Å². The zero-order chi connectivity index (χ0) is 13.3. The first-order valence-corrected chi connectivity index (χ1v) is 6.01. The molecular weight excluding hydrogens is 242 g/mol. The highest BCUT2D eigenvalue weighted by molar-refractivity contribution is 5.70. The van der Waals surface area contributed by atoms with Crippen LogP contribution in [0.2, 0.25) is 0 Å². The van der Waals surface area contributed by atoms with Crippen LogP contribution >= 0.6 is 0 Å². The molecule has 1 heterocycles. The second kappa shape index (κ2) is 4.80. The molecule has 2 aliphatic rings. The molecule has 0 aromatic heterocycles. The van der Waals surface area contributed by atoms with Gasteiger partial charge in [-0.1, -0.05) is 24.3 Å². The highest BCUT2D eigenvalue weighted by Crippen LogP contribution is 2.58. The lowest BCUT2D eigenvalue weighted by atomic mass is 10.1. The molecule has 0 spiro atoms. The van der Waals surface area contributed by atoms with Gasteiger partial charge in [0.25, 0.3) is 5.92 Å². The Morgan fingerprint density at radius 1 is 1.39 bits per heavy atom. The zero-order valence-corrected chi connectivity index (χ0v) is 10.1. The molecule has 100 valence electrons. The number of ether oxygens (including phenoxy) is 1. The lowest BCUT2D eigenvalue weighted by molar-refractivity contribution is -0.150. The first-order chi connectivity index (χ1) is 8.41. The number of alkyl halides is 2. The summed E-state index contributed by atoms with van der Waals surface area (Å²) in [5, 5.41) is 9.46. The van der Waals surface area contributed by atoms with Crippen LogP contribution in [0.3, 0.4) is 0 Å². The van der Waals surface area contributed by atoms with Crippen LogP contribution in [0.5, 0.6) is 0 Å². The second-order valence-electron chi connectivity index (χ2n) is 4.88. The quantitative estimate of drug-likeness (QED) is 0.676. The maximum atomic E-state index is 13.4. The SMILES string of the molecule is CC1CC2C(/C=C\C=C\C(O)CC(=O)O1)C2(F)F. The molecule has 4 unspecified atom stereocenters. The summed E-state index contributed by atoms with van der Waals surface area (Å²) in [6, 6.07) is 0. The Bertz CT molecular complexity index is 390. The van der Waals surface area contributed by atoms with Crippen LogP contribution in [0.15, 0.2) is 24.3 Å². The van der Waals surface area contributed by atoms with Gasteiger partial charge in [0, 0.05) is 5.92 Å². The molecule has 4 atom stereocenters. The van der Waals surface area contributed by atoms with Crippen LogP contribution in [-0.4, -0.2) is 29.2 Å². The molecule has 5 heteroatoms. The fraction of sp³-hybridized carbons (Fsp3) is 0.615. The third kappa shape index (κ3) is 2.77. The standard InChI is InChI=1S/C13H16F2O3/c1-8-6-11-10(13(11,14)15)5-3-2-4-9(16)7-12(17)18-8/h2-5,8-11,16H,6-7H2,1H3/b4-2+,5-3-. The summed E-state index contributed by atoms with van der Waals surface area (Å²) < 4.78 is 31.8. The highest BCUT2D eigenvalue weighted by Gasteiger charge is 2.66. The summed E-state index contributed by atoms with van der Waals surface area (Å²) in [7, 11) is 0. The van der Waals surface area contributed by atoms with Gasteiger partial charge in [0.2, 0.25) is 0 Å². The number of fused-ring (bicyclic) bond motifs is 1. The number of hydrogen-bond donors (Lipinski definition) is 1. The second-order valence-corrected chi connectivity index (χ2v) is 4.88. The molecule has 1 aliphatic carbocycles. The maximum Gasteiger partial charge on any atom is 0.309 e. The van der Waals surface area contributed by atoms with Gasteiger partial charge in [-0.15, -0.1) is 0 Å². The molecule has 0 amide bonds. The zero-order valence-electron chi connectivity index (χ0n) is 10.1. The first kappa shape index (κ1) is 13.2. The number of carbonyl (C=O) groups is 1. The molecule has 1 aliphatic heterocycles. The van der Waals surface area contributed by atoms with E-state index in [1.54, 1.807) is 6.92 Å². The lowest BCUT2D eigenvalue weighted by Gasteiger charge is -2.14. The number of aliphatic hydroxyl groups excluding tert-OH is 1. The van der Waals surface area contributed by atoms with Gasteiger partial charge >= 0.3 is 5.97 Å². The summed E-state index contributed by atoms with van der Waals surface area (Å²) in [5.74, 6) is -4.82. The third-order valence-corrected chi connectivity index (χ3v) is 3.32. The number of rotatable bonds is 0. The molecule has 0 bridgehead atoms. The molecule has 3 nitrogen and oxygen atoms in total. The number of allylic oxidation sites excluding steroid dienone is 3. The Hall–Kier alpha value is -1.23. The van der Waals surface area contributed by atoms with E-state index in [1.165, 1.54) is 24.3 Å². The van der Waals surface area contributed by atoms with Crippen molar-refractivity contribution in [3.63, 3.8) is 0 Å². The van der Waals surface area contributed by atoms with Crippen LogP contribution in [-0.2, 0) is 9.53 Å². The molecule has 0 saturated heterocycles. The maximum absolute atomic E-state index is 13.4. The van der Waals surface area contributed by atoms with Gasteiger partial charge in [0.15, 0.2) is 0 Å². The van der Waals surface area contributed by atoms with E-state index in [9.17, 15) is 18.7 Å². The Labute approximate surface area is 104 Å². The fourth-order valence-corrected chi connectivity index (χ4v) is 2.28. The van der Waals surface area contributed by atoms with Gasteiger partial charge in [-0.2, -0.15) is 0 Å². The van der Waals surface area contributed by atoms with E-state index in [-0.39, 0.29) is 12.8 Å². The predicted molar refractivity (Wildman–Crippen MR) is 61.0 cm³/mol. The van der Waals surface area contributed by atoms with E-state index in [0.29, 0.717) is 0 Å². The van der Waals surface area contributed by atoms with Crippen molar-refractivity contribution in [1.82, 2.24) is 0 Å².